The summed E-state index contributed by atoms with van der Waals surface area (Å²) in [6.45, 7) is 7.83. The van der Waals surface area contributed by atoms with Crippen LogP contribution < -0.4 is 5.32 Å². The zero-order chi connectivity index (χ0) is 21.1. The van der Waals surface area contributed by atoms with Gasteiger partial charge in [-0.15, -0.1) is 0 Å². The normalized spacial score (nSPS) is 31.6. The van der Waals surface area contributed by atoms with Gasteiger partial charge in [0.05, 0.1) is 19.1 Å². The first-order valence-corrected chi connectivity index (χ1v) is 11.8. The number of nitrogens with one attached hydrogen (secondary N) is 1. The Labute approximate surface area is 180 Å². The van der Waals surface area contributed by atoms with Crippen molar-refractivity contribution in [2.24, 2.45) is 11.8 Å². The van der Waals surface area contributed by atoms with Crippen molar-refractivity contribution in [2.45, 2.75) is 57.3 Å². The predicted octanol–water partition coefficient (Wildman–Crippen LogP) is 1.50. The summed E-state index contributed by atoms with van der Waals surface area (Å²) in [4.78, 5) is 32.4. The molecule has 0 aromatic heterocycles. The van der Waals surface area contributed by atoms with E-state index >= 15 is 0 Å². The van der Waals surface area contributed by atoms with E-state index in [2.05, 4.69) is 22.2 Å². The van der Waals surface area contributed by atoms with Gasteiger partial charge < -0.3 is 24.6 Å². The molecule has 170 valence electrons. The topological polar surface area (TPSA) is 74.4 Å². The van der Waals surface area contributed by atoms with Gasteiger partial charge in [-0.3, -0.25) is 9.69 Å². The van der Waals surface area contributed by atoms with Gasteiger partial charge in [-0.05, 0) is 58.7 Å². The van der Waals surface area contributed by atoms with Gasteiger partial charge in [-0.2, -0.15) is 0 Å². The van der Waals surface area contributed by atoms with Crippen LogP contribution in [0.1, 0.15) is 45.4 Å². The van der Waals surface area contributed by atoms with Gasteiger partial charge >= 0.3 is 6.03 Å². The van der Waals surface area contributed by atoms with Gasteiger partial charge in [0.1, 0.15) is 0 Å². The molecule has 0 aromatic rings. The average Bonchev–Trinajstić information content (AvgIpc) is 3.40. The molecule has 0 aromatic carbocycles. The van der Waals surface area contributed by atoms with Crippen molar-refractivity contribution in [3.8, 4) is 0 Å². The molecule has 4 fully saturated rings. The molecular formula is C22H38N4O4. The number of hydrogen-bond donors (Lipinski definition) is 1. The number of nitrogens with zero attached hydrogens (tertiary/aromatic N) is 3. The van der Waals surface area contributed by atoms with E-state index in [1.807, 2.05) is 6.92 Å². The summed E-state index contributed by atoms with van der Waals surface area (Å²) in [5, 5.41) is 2.84. The number of carbonyl (C=O) groups excluding carboxylic acids is 2. The van der Waals surface area contributed by atoms with E-state index in [9.17, 15) is 9.59 Å². The zero-order valence-electron chi connectivity index (χ0n) is 18.6. The maximum atomic E-state index is 13.5. The third-order valence-corrected chi connectivity index (χ3v) is 7.44. The lowest BCUT2D eigenvalue weighted by atomic mass is 9.72. The van der Waals surface area contributed by atoms with Gasteiger partial charge in [0.15, 0.2) is 5.79 Å². The molecule has 30 heavy (non-hydrogen) atoms. The summed E-state index contributed by atoms with van der Waals surface area (Å²) in [5.74, 6) is -0.270. The number of hydrogen-bond acceptors (Lipinski definition) is 6. The van der Waals surface area contributed by atoms with E-state index in [1.165, 1.54) is 17.7 Å². The molecule has 3 amide bonds. The smallest absolute Gasteiger partial charge is 0.324 e. The standard InChI is InChI=1S/C22H38N4O4/c1-3-23-21(28)26(11-10-25-8-4-5-9-25)20(27)18-14-17-15-22(29-12-13-30-22)7-6-19(17)24(2)16-18/h17-19H,3-16H2,1-2H3,(H,23,28)/t17-,18-,19-/m1/s1. The number of piperidine rings is 1. The minimum Gasteiger partial charge on any atom is -0.348 e. The van der Waals surface area contributed by atoms with Crippen LogP contribution in [0.3, 0.4) is 0 Å². The fourth-order valence-corrected chi connectivity index (χ4v) is 5.95. The van der Waals surface area contributed by atoms with Gasteiger partial charge in [0.2, 0.25) is 5.91 Å². The predicted molar refractivity (Wildman–Crippen MR) is 113 cm³/mol. The van der Waals surface area contributed by atoms with Crippen molar-refractivity contribution in [2.75, 3.05) is 59.5 Å². The number of rotatable bonds is 5. The highest BCUT2D eigenvalue weighted by atomic mass is 16.7. The minimum absolute atomic E-state index is 0.0293. The maximum Gasteiger partial charge on any atom is 0.324 e. The highest BCUT2D eigenvalue weighted by Crippen LogP contribution is 2.45. The Balaban J connectivity index is 1.42. The molecule has 4 rings (SSSR count). The second kappa shape index (κ2) is 9.51. The molecule has 1 N–H and O–H groups in total. The van der Waals surface area contributed by atoms with Crippen LogP contribution in [0.15, 0.2) is 0 Å². The first kappa shape index (κ1) is 22.0. The van der Waals surface area contributed by atoms with Crippen molar-refractivity contribution >= 4 is 11.9 Å². The highest BCUT2D eigenvalue weighted by Gasteiger charge is 2.49. The van der Waals surface area contributed by atoms with Gasteiger partial charge in [0.25, 0.3) is 0 Å². The lowest BCUT2D eigenvalue weighted by molar-refractivity contribution is -0.202. The van der Waals surface area contributed by atoms with Crippen LogP contribution in [0.4, 0.5) is 4.79 Å². The number of fused-ring (bicyclic) bond motifs is 1. The Morgan fingerprint density at radius 3 is 2.63 bits per heavy atom. The molecule has 8 nitrogen and oxygen atoms in total. The molecule has 0 radical (unpaired) electrons. The van der Waals surface area contributed by atoms with Crippen molar-refractivity contribution in [1.82, 2.24) is 20.0 Å². The Kier molecular flexibility index (Phi) is 6.97. The average molecular weight is 423 g/mol. The number of urea groups is 1. The number of imide groups is 1. The monoisotopic (exact) mass is 422 g/mol. The van der Waals surface area contributed by atoms with Crippen molar-refractivity contribution in [3.63, 3.8) is 0 Å². The first-order valence-electron chi connectivity index (χ1n) is 11.8. The van der Waals surface area contributed by atoms with Crippen LogP contribution >= 0.6 is 0 Å². The highest BCUT2D eigenvalue weighted by molar-refractivity contribution is 5.95. The van der Waals surface area contributed by atoms with Crippen molar-refractivity contribution in [1.29, 1.82) is 0 Å². The van der Waals surface area contributed by atoms with E-state index in [4.69, 9.17) is 9.47 Å². The third-order valence-electron chi connectivity index (χ3n) is 7.44. The fraction of sp³-hybridized carbons (Fsp3) is 0.909. The second-order valence-electron chi connectivity index (χ2n) is 9.42. The summed E-state index contributed by atoms with van der Waals surface area (Å²) in [5.41, 5.74) is 0. The first-order chi connectivity index (χ1) is 14.5. The van der Waals surface area contributed by atoms with E-state index in [-0.39, 0.29) is 17.9 Å². The number of carbonyl (C=O) groups is 2. The molecule has 0 unspecified atom stereocenters. The van der Waals surface area contributed by atoms with Crippen LogP contribution in [0.25, 0.3) is 0 Å². The molecule has 3 atom stereocenters. The van der Waals surface area contributed by atoms with Crippen molar-refractivity contribution in [3.05, 3.63) is 0 Å². The zero-order valence-corrected chi connectivity index (χ0v) is 18.6. The molecule has 1 spiro atoms. The molecular weight excluding hydrogens is 384 g/mol. The Bertz CT molecular complexity index is 618. The Morgan fingerprint density at radius 2 is 1.93 bits per heavy atom. The van der Waals surface area contributed by atoms with Crippen LogP contribution in [0, 0.1) is 11.8 Å². The quantitative estimate of drug-likeness (QED) is 0.724. The lowest BCUT2D eigenvalue weighted by Gasteiger charge is -2.49. The third kappa shape index (κ3) is 4.66. The summed E-state index contributed by atoms with van der Waals surface area (Å²) in [6, 6.07) is 0.212. The maximum absolute atomic E-state index is 13.5. The molecule has 8 heteroatoms. The summed E-state index contributed by atoms with van der Waals surface area (Å²) in [7, 11) is 2.12. The largest absolute Gasteiger partial charge is 0.348 e. The number of ether oxygens (including phenoxy) is 2. The molecule has 4 aliphatic rings. The number of amides is 3. The van der Waals surface area contributed by atoms with Crippen molar-refractivity contribution < 1.29 is 19.1 Å². The minimum atomic E-state index is -0.442. The molecule has 1 aliphatic carbocycles. The molecule has 3 saturated heterocycles. The van der Waals surface area contributed by atoms with Crippen LogP contribution in [-0.2, 0) is 14.3 Å². The molecule has 1 saturated carbocycles. The van der Waals surface area contributed by atoms with Crippen LogP contribution in [0.2, 0.25) is 0 Å². The lowest BCUT2D eigenvalue weighted by Crippen LogP contribution is -2.57. The van der Waals surface area contributed by atoms with E-state index < -0.39 is 5.79 Å². The second-order valence-corrected chi connectivity index (χ2v) is 9.42. The summed E-state index contributed by atoms with van der Waals surface area (Å²) < 4.78 is 11.9. The SMILES string of the molecule is CCNC(=O)N(CCN1CCCC1)C(=O)[C@@H]1C[C@@H]2CC3(CC[C@H]2N(C)C1)OCCO3. The van der Waals surface area contributed by atoms with Crippen LogP contribution in [0.5, 0.6) is 0 Å². The Morgan fingerprint density at radius 1 is 1.20 bits per heavy atom. The van der Waals surface area contributed by atoms with E-state index in [1.54, 1.807) is 0 Å². The van der Waals surface area contributed by atoms with E-state index in [0.717, 1.165) is 45.3 Å². The van der Waals surface area contributed by atoms with Gasteiger partial charge in [0, 0.05) is 45.1 Å². The van der Waals surface area contributed by atoms with Crippen LogP contribution in [-0.4, -0.2) is 98.0 Å². The van der Waals surface area contributed by atoms with E-state index in [0.29, 0.717) is 44.8 Å². The number of likely N-dealkylation sites (tertiary alicyclic amines) is 2. The molecule has 3 aliphatic heterocycles. The summed E-state index contributed by atoms with van der Waals surface area (Å²) in [6.07, 6.45) is 6.03. The molecule has 0 bridgehead atoms. The molecule has 3 heterocycles. The van der Waals surface area contributed by atoms with Gasteiger partial charge in [-0.25, -0.2) is 4.79 Å². The van der Waals surface area contributed by atoms with Gasteiger partial charge in [-0.1, -0.05) is 0 Å². The fourth-order valence-electron chi connectivity index (χ4n) is 5.95. The Hall–Kier alpha value is -1.22. The summed E-state index contributed by atoms with van der Waals surface area (Å²) >= 11 is 0.